The number of rotatable bonds is 9. The van der Waals surface area contributed by atoms with Gasteiger partial charge in [0.25, 0.3) is 0 Å². The van der Waals surface area contributed by atoms with Crippen LogP contribution in [0.5, 0.6) is 11.6 Å². The van der Waals surface area contributed by atoms with Crippen molar-refractivity contribution in [1.82, 2.24) is 25.2 Å². The summed E-state index contributed by atoms with van der Waals surface area (Å²) in [6.45, 7) is 8.67. The fourth-order valence-corrected chi connectivity index (χ4v) is 5.38. The number of aryl methyl sites for hydroxylation is 2. The van der Waals surface area contributed by atoms with Gasteiger partial charge in [-0.25, -0.2) is 19.7 Å². The summed E-state index contributed by atoms with van der Waals surface area (Å²) in [6.07, 6.45) is 4.11. The molecule has 9 nitrogen and oxygen atoms in total. The largest absolute Gasteiger partial charge is 0.438 e. The number of benzene rings is 3. The summed E-state index contributed by atoms with van der Waals surface area (Å²) >= 11 is 0. The minimum atomic E-state index is -0.272. The second kappa shape index (κ2) is 14.2. The quantitative estimate of drug-likeness (QED) is 0.193. The summed E-state index contributed by atoms with van der Waals surface area (Å²) in [4.78, 5) is 31.2. The predicted molar refractivity (Wildman–Crippen MR) is 183 cm³/mol. The number of nitrogens with one attached hydrogen (secondary N) is 2. The van der Waals surface area contributed by atoms with Crippen LogP contribution in [0, 0.1) is 13.8 Å². The maximum absolute atomic E-state index is 12.5. The zero-order valence-corrected chi connectivity index (χ0v) is 26.5. The molecular formula is C37H39N7O2. The van der Waals surface area contributed by atoms with E-state index in [4.69, 9.17) is 9.72 Å². The maximum Gasteiger partial charge on any atom is 0.319 e. The van der Waals surface area contributed by atoms with E-state index in [9.17, 15) is 4.79 Å². The smallest absolute Gasteiger partial charge is 0.319 e. The van der Waals surface area contributed by atoms with E-state index in [0.29, 0.717) is 30.3 Å². The summed E-state index contributed by atoms with van der Waals surface area (Å²) < 4.78 is 6.30. The SMILES string of the molecule is Cc1ccc(CNC(=O)Nc2ccc(Oc3ncccc3-c3ccnc(Cc4ccc(N5CCN(C)CC5)cc4)n3)c(C)c2)cc1. The molecule has 9 heteroatoms. The number of likely N-dealkylation sites (N-methyl/N-ethyl adjacent to an activating group) is 1. The molecule has 2 amide bonds. The molecule has 3 heterocycles. The van der Waals surface area contributed by atoms with Gasteiger partial charge >= 0.3 is 6.03 Å². The van der Waals surface area contributed by atoms with Crippen LogP contribution in [0.1, 0.15) is 28.1 Å². The van der Waals surface area contributed by atoms with Crippen molar-refractivity contribution in [3.8, 4) is 22.9 Å². The second-order valence-corrected chi connectivity index (χ2v) is 11.7. The van der Waals surface area contributed by atoms with Crippen molar-refractivity contribution in [2.24, 2.45) is 0 Å². The fraction of sp³-hybridized carbons (Fsp3) is 0.243. The van der Waals surface area contributed by atoms with Gasteiger partial charge in [0.2, 0.25) is 5.88 Å². The molecule has 1 aliphatic heterocycles. The molecule has 0 bridgehead atoms. The molecule has 3 aromatic carbocycles. The lowest BCUT2D eigenvalue weighted by Crippen LogP contribution is -2.44. The van der Waals surface area contributed by atoms with Crippen molar-refractivity contribution in [1.29, 1.82) is 0 Å². The van der Waals surface area contributed by atoms with Crippen LogP contribution in [0.25, 0.3) is 11.3 Å². The van der Waals surface area contributed by atoms with E-state index >= 15 is 0 Å². The van der Waals surface area contributed by atoms with Crippen molar-refractivity contribution in [3.63, 3.8) is 0 Å². The minimum Gasteiger partial charge on any atom is -0.438 e. The molecule has 0 atom stereocenters. The van der Waals surface area contributed by atoms with Crippen molar-refractivity contribution in [3.05, 3.63) is 125 Å². The third kappa shape index (κ3) is 7.86. The summed E-state index contributed by atoms with van der Waals surface area (Å²) in [5.41, 5.74) is 7.68. The van der Waals surface area contributed by atoms with Gasteiger partial charge in [0, 0.05) is 62.9 Å². The van der Waals surface area contributed by atoms with Gasteiger partial charge in [0.15, 0.2) is 0 Å². The molecule has 0 saturated carbocycles. The van der Waals surface area contributed by atoms with Gasteiger partial charge in [-0.3, -0.25) is 0 Å². The highest BCUT2D eigenvalue weighted by Crippen LogP contribution is 2.33. The normalized spacial score (nSPS) is 13.3. The molecule has 2 aromatic heterocycles. The zero-order chi connectivity index (χ0) is 31.9. The van der Waals surface area contributed by atoms with E-state index in [0.717, 1.165) is 60.0 Å². The van der Waals surface area contributed by atoms with Gasteiger partial charge in [-0.1, -0.05) is 42.0 Å². The van der Waals surface area contributed by atoms with E-state index in [-0.39, 0.29) is 6.03 Å². The number of anilines is 2. The Bertz CT molecular complexity index is 1780. The Morgan fingerprint density at radius 3 is 2.37 bits per heavy atom. The standard InChI is InChI=1S/C37H39N7O2/c1-26-6-8-29(9-7-26)25-40-37(45)41-30-12-15-34(27(2)23-30)46-36-32(5-4-17-39-36)33-16-18-38-35(42-33)24-28-10-13-31(14-11-28)44-21-19-43(3)20-22-44/h4-18,23H,19-22,24-25H2,1-3H3,(H2,40,41,45). The first kappa shape index (κ1) is 30.7. The molecule has 2 N–H and O–H groups in total. The molecule has 5 aromatic rings. The van der Waals surface area contributed by atoms with E-state index in [1.807, 2.05) is 74.5 Å². The average molecular weight is 614 g/mol. The Hall–Kier alpha value is -5.28. The lowest BCUT2D eigenvalue weighted by Gasteiger charge is -2.34. The Labute approximate surface area is 270 Å². The number of piperazine rings is 1. The van der Waals surface area contributed by atoms with Gasteiger partial charge in [-0.05, 0) is 86.1 Å². The van der Waals surface area contributed by atoms with Gasteiger partial charge in [-0.2, -0.15) is 0 Å². The number of nitrogens with zero attached hydrogens (tertiary/aromatic N) is 5. The van der Waals surface area contributed by atoms with Crippen LogP contribution in [0.3, 0.4) is 0 Å². The summed E-state index contributed by atoms with van der Waals surface area (Å²) in [5.74, 6) is 1.82. The highest BCUT2D eigenvalue weighted by molar-refractivity contribution is 5.89. The molecule has 46 heavy (non-hydrogen) atoms. The Balaban J connectivity index is 1.10. The van der Waals surface area contributed by atoms with Gasteiger partial charge < -0.3 is 25.2 Å². The number of carbonyl (C=O) groups excluding carboxylic acids is 1. The number of pyridine rings is 1. The van der Waals surface area contributed by atoms with E-state index < -0.39 is 0 Å². The van der Waals surface area contributed by atoms with Crippen LogP contribution >= 0.6 is 0 Å². The Morgan fingerprint density at radius 2 is 1.61 bits per heavy atom. The lowest BCUT2D eigenvalue weighted by atomic mass is 10.1. The average Bonchev–Trinajstić information content (AvgIpc) is 3.07. The maximum atomic E-state index is 12.5. The van der Waals surface area contributed by atoms with Crippen molar-refractivity contribution in [2.45, 2.75) is 26.8 Å². The molecule has 0 unspecified atom stereocenters. The number of amides is 2. The van der Waals surface area contributed by atoms with E-state index in [1.165, 1.54) is 11.3 Å². The number of carbonyl (C=O) groups is 1. The molecule has 1 saturated heterocycles. The van der Waals surface area contributed by atoms with Crippen LogP contribution in [0.2, 0.25) is 0 Å². The number of aromatic nitrogens is 3. The second-order valence-electron chi connectivity index (χ2n) is 11.7. The molecule has 1 fully saturated rings. The molecule has 234 valence electrons. The van der Waals surface area contributed by atoms with Crippen molar-refractivity contribution in [2.75, 3.05) is 43.4 Å². The van der Waals surface area contributed by atoms with Gasteiger partial charge in [-0.15, -0.1) is 0 Å². The van der Waals surface area contributed by atoms with Gasteiger partial charge in [0.05, 0.1) is 11.3 Å². The number of hydrogen-bond donors (Lipinski definition) is 2. The van der Waals surface area contributed by atoms with Crippen LogP contribution in [-0.2, 0) is 13.0 Å². The number of hydrogen-bond acceptors (Lipinski definition) is 7. The van der Waals surface area contributed by atoms with E-state index in [1.54, 1.807) is 12.4 Å². The van der Waals surface area contributed by atoms with Crippen LogP contribution in [-0.4, -0.2) is 59.1 Å². The van der Waals surface area contributed by atoms with Crippen LogP contribution in [0.15, 0.2) is 97.3 Å². The monoisotopic (exact) mass is 613 g/mol. The topological polar surface area (TPSA) is 95.5 Å². The molecule has 0 aliphatic carbocycles. The van der Waals surface area contributed by atoms with Crippen LogP contribution < -0.4 is 20.3 Å². The molecule has 0 spiro atoms. The van der Waals surface area contributed by atoms with Crippen molar-refractivity contribution >= 4 is 17.4 Å². The van der Waals surface area contributed by atoms with E-state index in [2.05, 4.69) is 61.7 Å². The Morgan fingerprint density at radius 1 is 0.848 bits per heavy atom. The first-order valence-corrected chi connectivity index (χ1v) is 15.6. The minimum absolute atomic E-state index is 0.272. The highest BCUT2D eigenvalue weighted by Gasteiger charge is 2.16. The number of ether oxygens (including phenoxy) is 1. The molecular weight excluding hydrogens is 574 g/mol. The summed E-state index contributed by atoms with van der Waals surface area (Å²) in [5, 5.41) is 5.79. The zero-order valence-electron chi connectivity index (χ0n) is 26.5. The lowest BCUT2D eigenvalue weighted by molar-refractivity contribution is 0.251. The first-order valence-electron chi connectivity index (χ1n) is 15.6. The van der Waals surface area contributed by atoms with Crippen LogP contribution in [0.4, 0.5) is 16.2 Å². The first-order chi connectivity index (χ1) is 22.4. The molecule has 0 radical (unpaired) electrons. The molecule has 6 rings (SSSR count). The van der Waals surface area contributed by atoms with Crippen molar-refractivity contribution < 1.29 is 9.53 Å². The Kier molecular flexibility index (Phi) is 9.50. The predicted octanol–water partition coefficient (Wildman–Crippen LogP) is 6.61. The molecule has 1 aliphatic rings. The third-order valence-corrected chi connectivity index (χ3v) is 8.13. The number of urea groups is 1. The van der Waals surface area contributed by atoms with Gasteiger partial charge in [0.1, 0.15) is 11.6 Å². The third-order valence-electron chi connectivity index (χ3n) is 8.13. The fourth-order valence-electron chi connectivity index (χ4n) is 5.38. The summed E-state index contributed by atoms with van der Waals surface area (Å²) in [7, 11) is 2.17. The highest BCUT2D eigenvalue weighted by atomic mass is 16.5. The summed E-state index contributed by atoms with van der Waals surface area (Å²) in [6, 6.07) is 27.7.